The third-order valence-electron chi connectivity index (χ3n) is 4.97. The third kappa shape index (κ3) is 4.27. The Morgan fingerprint density at radius 2 is 1.89 bits per heavy atom. The average molecular weight is 383 g/mol. The second-order valence-electron chi connectivity index (χ2n) is 6.77. The van der Waals surface area contributed by atoms with Gasteiger partial charge >= 0.3 is 5.97 Å². The number of benzene rings is 2. The highest BCUT2D eigenvalue weighted by Crippen LogP contribution is 2.30. The predicted molar refractivity (Wildman–Crippen MR) is 105 cm³/mol. The number of hydrogen-bond acceptors (Lipinski definition) is 5. The molecule has 0 saturated heterocycles. The van der Waals surface area contributed by atoms with Crippen LogP contribution in [0.15, 0.2) is 42.5 Å². The van der Waals surface area contributed by atoms with Crippen LogP contribution in [0.3, 0.4) is 0 Å². The normalized spacial score (nSPS) is 16.5. The molecule has 0 unspecified atom stereocenters. The number of rotatable bonds is 6. The number of carbonyl (C=O) groups excluding carboxylic acids is 2. The van der Waals surface area contributed by atoms with E-state index in [9.17, 15) is 9.59 Å². The van der Waals surface area contributed by atoms with Crippen molar-refractivity contribution in [3.05, 3.63) is 59.2 Å². The first-order chi connectivity index (χ1) is 13.5. The maximum Gasteiger partial charge on any atom is 0.342 e. The summed E-state index contributed by atoms with van der Waals surface area (Å²) in [5.74, 6) is -0.0398. The largest absolute Gasteiger partial charge is 0.497 e. The van der Waals surface area contributed by atoms with Crippen LogP contribution in [-0.4, -0.2) is 32.2 Å². The number of ether oxygens (including phenoxy) is 3. The van der Waals surface area contributed by atoms with Crippen molar-refractivity contribution in [2.24, 2.45) is 0 Å². The fraction of sp³-hybridized carbons (Fsp3) is 0.364. The summed E-state index contributed by atoms with van der Waals surface area (Å²) >= 11 is 0. The Morgan fingerprint density at radius 3 is 2.64 bits per heavy atom. The van der Waals surface area contributed by atoms with Gasteiger partial charge in [-0.05, 0) is 49.4 Å². The van der Waals surface area contributed by atoms with Crippen LogP contribution in [0.4, 0.5) is 0 Å². The van der Waals surface area contributed by atoms with Crippen LogP contribution in [0.2, 0.25) is 0 Å². The lowest BCUT2D eigenvalue weighted by Crippen LogP contribution is -2.39. The van der Waals surface area contributed by atoms with Crippen LogP contribution in [0, 0.1) is 0 Å². The SMILES string of the molecule is COc1ccc(C(=O)O[C@H](C)C(=O)N[C@H]2CCCc3ccccc32)c(OC)c1. The Hall–Kier alpha value is -3.02. The summed E-state index contributed by atoms with van der Waals surface area (Å²) in [6, 6.07) is 12.9. The molecule has 0 saturated carbocycles. The Balaban J connectivity index is 1.66. The van der Waals surface area contributed by atoms with E-state index >= 15 is 0 Å². The maximum atomic E-state index is 12.6. The Morgan fingerprint density at radius 1 is 1.11 bits per heavy atom. The number of esters is 1. The molecule has 3 rings (SSSR count). The van der Waals surface area contributed by atoms with Gasteiger partial charge in [0.25, 0.3) is 5.91 Å². The van der Waals surface area contributed by atoms with Crippen LogP contribution in [0.25, 0.3) is 0 Å². The quantitative estimate of drug-likeness (QED) is 0.774. The van der Waals surface area contributed by atoms with E-state index in [4.69, 9.17) is 14.2 Å². The van der Waals surface area contributed by atoms with Crippen molar-refractivity contribution in [3.8, 4) is 11.5 Å². The van der Waals surface area contributed by atoms with Gasteiger partial charge in [-0.1, -0.05) is 24.3 Å². The standard InChI is InChI=1S/C22H25NO5/c1-14(28-22(25)18-12-11-16(26-2)13-20(18)27-3)21(24)23-19-10-6-8-15-7-4-5-9-17(15)19/h4-5,7,9,11-14,19H,6,8,10H2,1-3H3,(H,23,24)/t14-,19+/m1/s1. The Bertz CT molecular complexity index is 864. The molecule has 2 aromatic rings. The molecule has 1 amide bonds. The minimum absolute atomic E-state index is 0.0610. The van der Waals surface area contributed by atoms with Crippen molar-refractivity contribution in [2.45, 2.75) is 38.3 Å². The number of fused-ring (bicyclic) bond motifs is 1. The first kappa shape index (κ1) is 19.7. The molecule has 148 valence electrons. The Kier molecular flexibility index (Phi) is 6.19. The number of methoxy groups -OCH3 is 2. The zero-order valence-electron chi connectivity index (χ0n) is 16.4. The Labute approximate surface area is 164 Å². The van der Waals surface area contributed by atoms with Crippen LogP contribution in [-0.2, 0) is 16.0 Å². The van der Waals surface area contributed by atoms with Crippen LogP contribution in [0.1, 0.15) is 47.3 Å². The summed E-state index contributed by atoms with van der Waals surface area (Å²) < 4.78 is 15.7. The van der Waals surface area contributed by atoms with Crippen molar-refractivity contribution in [1.82, 2.24) is 5.32 Å². The van der Waals surface area contributed by atoms with E-state index in [1.54, 1.807) is 25.1 Å². The first-order valence-corrected chi connectivity index (χ1v) is 9.34. The van der Waals surface area contributed by atoms with Crippen molar-refractivity contribution in [3.63, 3.8) is 0 Å². The average Bonchev–Trinajstić information content (AvgIpc) is 2.73. The molecule has 1 aliphatic carbocycles. The summed E-state index contributed by atoms with van der Waals surface area (Å²) in [6.07, 6.45) is 1.98. The van der Waals surface area contributed by atoms with Gasteiger partial charge in [0, 0.05) is 6.07 Å². The second kappa shape index (κ2) is 8.78. The molecular weight excluding hydrogens is 358 g/mol. The third-order valence-corrected chi connectivity index (χ3v) is 4.97. The number of amides is 1. The molecule has 2 atom stereocenters. The van der Waals surface area contributed by atoms with Gasteiger partial charge < -0.3 is 19.5 Å². The lowest BCUT2D eigenvalue weighted by Gasteiger charge is -2.27. The van der Waals surface area contributed by atoms with E-state index in [0.717, 1.165) is 24.8 Å². The van der Waals surface area contributed by atoms with Gasteiger partial charge in [-0.15, -0.1) is 0 Å². The first-order valence-electron chi connectivity index (χ1n) is 9.34. The molecule has 0 aliphatic heterocycles. The molecule has 0 heterocycles. The van der Waals surface area contributed by atoms with Gasteiger partial charge in [0.15, 0.2) is 6.10 Å². The molecule has 1 N–H and O–H groups in total. The van der Waals surface area contributed by atoms with Gasteiger partial charge in [-0.3, -0.25) is 4.79 Å². The van der Waals surface area contributed by atoms with Gasteiger partial charge in [0.1, 0.15) is 17.1 Å². The van der Waals surface area contributed by atoms with Crippen LogP contribution >= 0.6 is 0 Å². The molecule has 1 aliphatic rings. The zero-order chi connectivity index (χ0) is 20.1. The monoisotopic (exact) mass is 383 g/mol. The summed E-state index contributed by atoms with van der Waals surface area (Å²) in [6.45, 7) is 1.57. The van der Waals surface area contributed by atoms with Crippen molar-refractivity contribution >= 4 is 11.9 Å². The molecule has 0 spiro atoms. The molecule has 0 bridgehead atoms. The minimum atomic E-state index is -0.923. The number of nitrogens with one attached hydrogen (secondary N) is 1. The molecule has 6 heteroatoms. The lowest BCUT2D eigenvalue weighted by molar-refractivity contribution is -0.130. The van der Waals surface area contributed by atoms with Gasteiger partial charge in [0.05, 0.1) is 20.3 Å². The predicted octanol–water partition coefficient (Wildman–Crippen LogP) is 3.44. The number of aryl methyl sites for hydroxylation is 1. The van der Waals surface area contributed by atoms with Crippen LogP contribution in [0.5, 0.6) is 11.5 Å². The molecule has 2 aromatic carbocycles. The van der Waals surface area contributed by atoms with E-state index in [0.29, 0.717) is 11.5 Å². The highest BCUT2D eigenvalue weighted by molar-refractivity contribution is 5.95. The lowest BCUT2D eigenvalue weighted by atomic mass is 9.87. The fourth-order valence-electron chi connectivity index (χ4n) is 3.44. The molecular formula is C22H25NO5. The van der Waals surface area contributed by atoms with Crippen molar-refractivity contribution < 1.29 is 23.8 Å². The van der Waals surface area contributed by atoms with Crippen molar-refractivity contribution in [1.29, 1.82) is 0 Å². The summed E-state index contributed by atoms with van der Waals surface area (Å²) in [5.41, 5.74) is 2.63. The van der Waals surface area contributed by atoms with Gasteiger partial charge in [-0.25, -0.2) is 4.79 Å². The fourth-order valence-corrected chi connectivity index (χ4v) is 3.44. The van der Waals surface area contributed by atoms with Gasteiger partial charge in [0.2, 0.25) is 0 Å². The smallest absolute Gasteiger partial charge is 0.342 e. The molecule has 0 radical (unpaired) electrons. The molecule has 0 fully saturated rings. The molecule has 6 nitrogen and oxygen atoms in total. The van der Waals surface area contributed by atoms with E-state index < -0.39 is 12.1 Å². The summed E-state index contributed by atoms with van der Waals surface area (Å²) in [5, 5.41) is 3.01. The maximum absolute atomic E-state index is 12.6. The van der Waals surface area contributed by atoms with E-state index in [1.165, 1.54) is 19.8 Å². The number of carbonyl (C=O) groups is 2. The summed E-state index contributed by atoms with van der Waals surface area (Å²) in [4.78, 5) is 25.1. The number of hydrogen-bond donors (Lipinski definition) is 1. The van der Waals surface area contributed by atoms with Gasteiger partial charge in [-0.2, -0.15) is 0 Å². The minimum Gasteiger partial charge on any atom is -0.497 e. The summed E-state index contributed by atoms with van der Waals surface area (Å²) in [7, 11) is 2.99. The molecule has 28 heavy (non-hydrogen) atoms. The topological polar surface area (TPSA) is 73.9 Å². The van der Waals surface area contributed by atoms with E-state index in [-0.39, 0.29) is 17.5 Å². The zero-order valence-corrected chi connectivity index (χ0v) is 16.4. The highest BCUT2D eigenvalue weighted by atomic mass is 16.5. The van der Waals surface area contributed by atoms with E-state index in [2.05, 4.69) is 11.4 Å². The second-order valence-corrected chi connectivity index (χ2v) is 6.77. The van der Waals surface area contributed by atoms with Crippen molar-refractivity contribution in [2.75, 3.05) is 14.2 Å². The van der Waals surface area contributed by atoms with Crippen LogP contribution < -0.4 is 14.8 Å². The molecule has 0 aromatic heterocycles. The van der Waals surface area contributed by atoms with E-state index in [1.807, 2.05) is 18.2 Å². The highest BCUT2D eigenvalue weighted by Gasteiger charge is 2.26.